The van der Waals surface area contributed by atoms with Crippen molar-refractivity contribution in [2.24, 2.45) is 0 Å². The Balaban J connectivity index is 1.97. The Kier molecular flexibility index (Phi) is 13.9. The molecule has 0 radical (unpaired) electrons. The van der Waals surface area contributed by atoms with Gasteiger partial charge in [0.25, 0.3) is 0 Å². The van der Waals surface area contributed by atoms with Gasteiger partial charge in [0.1, 0.15) is 25.6 Å². The van der Waals surface area contributed by atoms with Crippen LogP contribution in [-0.4, -0.2) is 50.1 Å². The molecule has 7 nitrogen and oxygen atoms in total. The van der Waals surface area contributed by atoms with Crippen LogP contribution >= 0.6 is 0 Å². The number of carbonyl (C=O) groups is 2. The number of unbranched alkanes of at least 4 members (excludes halogenated alkanes) is 2. The molecule has 0 amide bonds. The van der Waals surface area contributed by atoms with Gasteiger partial charge in [-0.1, -0.05) is 69.7 Å². The van der Waals surface area contributed by atoms with Gasteiger partial charge >= 0.3 is 11.9 Å². The lowest BCUT2D eigenvalue weighted by Gasteiger charge is -2.18. The van der Waals surface area contributed by atoms with Gasteiger partial charge in [-0.2, -0.15) is 0 Å². The SMILES string of the molecule is C=C(C)C(=O)OCCc1cc(-c2ccc(-c3ccc(CCCCC)cc3)c(F)c2OCCOC(=O)CC)ccc1OCCO. The highest BCUT2D eigenvalue weighted by atomic mass is 19.1. The molecule has 8 heteroatoms. The summed E-state index contributed by atoms with van der Waals surface area (Å²) >= 11 is 0. The molecule has 3 rings (SSSR count). The number of aliphatic hydroxyl groups is 1. The van der Waals surface area contributed by atoms with E-state index in [1.165, 1.54) is 12.0 Å². The molecule has 0 aliphatic heterocycles. The molecule has 0 atom stereocenters. The van der Waals surface area contributed by atoms with Gasteiger partial charge in [0.05, 0.1) is 13.2 Å². The van der Waals surface area contributed by atoms with E-state index < -0.39 is 11.8 Å². The predicted molar refractivity (Wildman–Crippen MR) is 169 cm³/mol. The Hall–Kier alpha value is -4.17. The van der Waals surface area contributed by atoms with Crippen molar-refractivity contribution >= 4 is 11.9 Å². The number of esters is 2. The maximum atomic E-state index is 16.3. The van der Waals surface area contributed by atoms with Gasteiger partial charge in [-0.25, -0.2) is 9.18 Å². The Bertz CT molecular complexity index is 1400. The fourth-order valence-corrected chi connectivity index (χ4v) is 4.59. The van der Waals surface area contributed by atoms with Crippen LogP contribution in [0.15, 0.2) is 66.7 Å². The molecule has 0 unspecified atom stereocenters. The molecule has 1 N–H and O–H groups in total. The van der Waals surface area contributed by atoms with Gasteiger partial charge in [-0.3, -0.25) is 4.79 Å². The molecule has 44 heavy (non-hydrogen) atoms. The first-order valence-electron chi connectivity index (χ1n) is 15.2. The van der Waals surface area contributed by atoms with Crippen molar-refractivity contribution in [3.8, 4) is 33.8 Å². The predicted octanol–water partition coefficient (Wildman–Crippen LogP) is 7.26. The lowest BCUT2D eigenvalue weighted by molar-refractivity contribution is -0.144. The zero-order valence-electron chi connectivity index (χ0n) is 26.0. The molecule has 0 saturated heterocycles. The van der Waals surface area contributed by atoms with E-state index in [0.29, 0.717) is 40.0 Å². The molecule has 0 fully saturated rings. The summed E-state index contributed by atoms with van der Waals surface area (Å²) < 4.78 is 38.3. The lowest BCUT2D eigenvalue weighted by atomic mass is 9.95. The molecule has 0 aliphatic carbocycles. The number of ether oxygens (including phenoxy) is 4. The number of hydrogen-bond acceptors (Lipinski definition) is 7. The monoisotopic (exact) mass is 606 g/mol. The van der Waals surface area contributed by atoms with E-state index in [1.807, 2.05) is 30.3 Å². The Labute approximate surface area is 259 Å². The van der Waals surface area contributed by atoms with Crippen LogP contribution in [0.1, 0.15) is 57.6 Å². The van der Waals surface area contributed by atoms with Crippen LogP contribution in [0.5, 0.6) is 11.5 Å². The van der Waals surface area contributed by atoms with Crippen molar-refractivity contribution in [3.05, 3.63) is 83.7 Å². The summed E-state index contributed by atoms with van der Waals surface area (Å²) in [5.41, 5.74) is 4.48. The molecule has 3 aromatic carbocycles. The van der Waals surface area contributed by atoms with Crippen LogP contribution < -0.4 is 9.47 Å². The smallest absolute Gasteiger partial charge is 0.333 e. The molecule has 0 bridgehead atoms. The van der Waals surface area contributed by atoms with Crippen LogP contribution in [0.4, 0.5) is 4.39 Å². The fraction of sp³-hybridized carbons (Fsp3) is 0.389. The minimum absolute atomic E-state index is 0.0183. The largest absolute Gasteiger partial charge is 0.491 e. The van der Waals surface area contributed by atoms with Crippen molar-refractivity contribution in [2.75, 3.05) is 33.0 Å². The quantitative estimate of drug-likeness (QED) is 0.0926. The minimum Gasteiger partial charge on any atom is -0.491 e. The normalized spacial score (nSPS) is 10.8. The maximum Gasteiger partial charge on any atom is 0.333 e. The summed E-state index contributed by atoms with van der Waals surface area (Å²) in [4.78, 5) is 23.5. The molecular formula is C36H43FO7. The third-order valence-electron chi connectivity index (χ3n) is 6.99. The molecule has 236 valence electrons. The first-order valence-corrected chi connectivity index (χ1v) is 15.2. The summed E-state index contributed by atoms with van der Waals surface area (Å²) in [6.45, 7) is 8.99. The number of rotatable bonds is 18. The molecule has 0 saturated carbocycles. The zero-order valence-corrected chi connectivity index (χ0v) is 26.0. The standard InChI is InChI=1S/C36H43FO7/c1-5-7-8-9-26-10-12-27(13-11-26)30-15-16-31(35(34(30)37)43-23-22-42-33(39)6-2)28-14-17-32(41-21-19-38)29(24-28)18-20-44-36(40)25(3)4/h10-17,24,38H,3,5-9,18-23H2,1-2,4H3. The Morgan fingerprint density at radius 2 is 1.55 bits per heavy atom. The molecule has 0 heterocycles. The fourth-order valence-electron chi connectivity index (χ4n) is 4.59. The maximum absolute atomic E-state index is 16.3. The summed E-state index contributed by atoms with van der Waals surface area (Å²) in [6, 6.07) is 16.8. The first kappa shape index (κ1) is 34.3. The van der Waals surface area contributed by atoms with Crippen LogP contribution in [0.3, 0.4) is 0 Å². The van der Waals surface area contributed by atoms with Crippen LogP contribution in [0.25, 0.3) is 22.3 Å². The molecule has 0 aliphatic rings. The average molecular weight is 607 g/mol. The second-order valence-electron chi connectivity index (χ2n) is 10.4. The van der Waals surface area contributed by atoms with Crippen molar-refractivity contribution in [3.63, 3.8) is 0 Å². The highest BCUT2D eigenvalue weighted by molar-refractivity contribution is 5.87. The van der Waals surface area contributed by atoms with Gasteiger partial charge in [0.2, 0.25) is 0 Å². The number of benzene rings is 3. The van der Waals surface area contributed by atoms with E-state index in [0.717, 1.165) is 24.8 Å². The highest BCUT2D eigenvalue weighted by Gasteiger charge is 2.19. The molecular weight excluding hydrogens is 563 g/mol. The average Bonchev–Trinajstić information content (AvgIpc) is 3.03. The summed E-state index contributed by atoms with van der Waals surface area (Å²) in [5.74, 6) is -0.840. The van der Waals surface area contributed by atoms with Crippen molar-refractivity contribution in [1.29, 1.82) is 0 Å². The summed E-state index contributed by atoms with van der Waals surface area (Å²) in [7, 11) is 0. The first-order chi connectivity index (χ1) is 21.3. The van der Waals surface area contributed by atoms with Crippen molar-refractivity contribution in [1.82, 2.24) is 0 Å². The lowest BCUT2D eigenvalue weighted by Crippen LogP contribution is -2.12. The van der Waals surface area contributed by atoms with Gasteiger partial charge in [0.15, 0.2) is 11.6 Å². The van der Waals surface area contributed by atoms with E-state index in [9.17, 15) is 14.7 Å². The number of aryl methyl sites for hydroxylation is 1. The highest BCUT2D eigenvalue weighted by Crippen LogP contribution is 2.39. The van der Waals surface area contributed by atoms with Crippen LogP contribution in [0.2, 0.25) is 0 Å². The van der Waals surface area contributed by atoms with E-state index in [1.54, 1.807) is 38.1 Å². The number of carbonyl (C=O) groups excluding carboxylic acids is 2. The van der Waals surface area contributed by atoms with Gasteiger partial charge in [-0.05, 0) is 60.2 Å². The molecule has 0 aromatic heterocycles. The Morgan fingerprint density at radius 3 is 2.23 bits per heavy atom. The second kappa shape index (κ2) is 17.8. The third-order valence-corrected chi connectivity index (χ3v) is 6.99. The van der Waals surface area contributed by atoms with Crippen LogP contribution in [0, 0.1) is 5.82 Å². The third kappa shape index (κ3) is 9.95. The summed E-state index contributed by atoms with van der Waals surface area (Å²) in [5, 5.41) is 9.27. The minimum atomic E-state index is -0.527. The van der Waals surface area contributed by atoms with E-state index in [-0.39, 0.29) is 51.2 Å². The van der Waals surface area contributed by atoms with Crippen molar-refractivity contribution < 1.29 is 38.0 Å². The van der Waals surface area contributed by atoms with E-state index in [4.69, 9.17) is 18.9 Å². The van der Waals surface area contributed by atoms with Gasteiger partial charge < -0.3 is 24.1 Å². The topological polar surface area (TPSA) is 91.3 Å². The molecule has 0 spiro atoms. The summed E-state index contributed by atoms with van der Waals surface area (Å²) in [6.07, 6.45) is 4.97. The van der Waals surface area contributed by atoms with Gasteiger partial charge in [-0.15, -0.1) is 0 Å². The number of aliphatic hydroxyl groups excluding tert-OH is 1. The zero-order chi connectivity index (χ0) is 31.9. The van der Waals surface area contributed by atoms with Crippen molar-refractivity contribution in [2.45, 2.75) is 59.3 Å². The van der Waals surface area contributed by atoms with Gasteiger partial charge in [0, 0.05) is 29.5 Å². The van der Waals surface area contributed by atoms with E-state index >= 15 is 4.39 Å². The second-order valence-corrected chi connectivity index (χ2v) is 10.4. The number of halogens is 1. The number of hydrogen-bond donors (Lipinski definition) is 1. The molecule has 3 aromatic rings. The Morgan fingerprint density at radius 1 is 0.818 bits per heavy atom. The van der Waals surface area contributed by atoms with E-state index in [2.05, 4.69) is 13.5 Å². The van der Waals surface area contributed by atoms with Crippen LogP contribution in [-0.2, 0) is 31.9 Å².